The molecule has 18 heavy (non-hydrogen) atoms. The second-order valence-corrected chi connectivity index (χ2v) is 4.49. The van der Waals surface area contributed by atoms with Gasteiger partial charge in [0.15, 0.2) is 5.92 Å². The van der Waals surface area contributed by atoms with Crippen LogP contribution in [0.1, 0.15) is 18.4 Å². The van der Waals surface area contributed by atoms with Gasteiger partial charge >= 0.3 is 11.9 Å². The summed E-state index contributed by atoms with van der Waals surface area (Å²) in [4.78, 5) is 23.2. The lowest BCUT2D eigenvalue weighted by Crippen LogP contribution is -2.29. The fourth-order valence-corrected chi connectivity index (χ4v) is 2.37. The Labute approximate surface area is 106 Å². The highest BCUT2D eigenvalue weighted by atomic mass is 16.6. The molecule has 0 aromatic heterocycles. The quantitative estimate of drug-likeness (QED) is 0.604. The molecular formula is C14H16O4. The van der Waals surface area contributed by atoms with Crippen molar-refractivity contribution in [1.82, 2.24) is 0 Å². The zero-order valence-corrected chi connectivity index (χ0v) is 10.5. The van der Waals surface area contributed by atoms with E-state index in [1.165, 1.54) is 7.11 Å². The van der Waals surface area contributed by atoms with Gasteiger partial charge in [-0.3, -0.25) is 9.59 Å². The predicted molar refractivity (Wildman–Crippen MR) is 64.8 cm³/mol. The number of hydrogen-bond acceptors (Lipinski definition) is 4. The summed E-state index contributed by atoms with van der Waals surface area (Å²) in [5.74, 6) is -1.88. The molecule has 1 saturated heterocycles. The first-order valence-electron chi connectivity index (χ1n) is 5.94. The van der Waals surface area contributed by atoms with Crippen LogP contribution in [0.3, 0.4) is 0 Å². The van der Waals surface area contributed by atoms with Crippen LogP contribution in [0.25, 0.3) is 0 Å². The molecule has 0 aliphatic carbocycles. The lowest BCUT2D eigenvalue weighted by atomic mass is 9.81. The minimum Gasteiger partial charge on any atom is -0.468 e. The SMILES string of the molecule is COC(=O)[C@H]1C(=O)OC[C@@H]1[C@@H](C)c1ccccc1. The van der Waals surface area contributed by atoms with Gasteiger partial charge in [-0.15, -0.1) is 0 Å². The topological polar surface area (TPSA) is 52.6 Å². The molecule has 3 atom stereocenters. The number of esters is 2. The third-order valence-corrected chi connectivity index (χ3v) is 3.52. The summed E-state index contributed by atoms with van der Waals surface area (Å²) < 4.78 is 9.68. The summed E-state index contributed by atoms with van der Waals surface area (Å²) in [5.41, 5.74) is 1.09. The number of carbonyl (C=O) groups excluding carboxylic acids is 2. The zero-order valence-electron chi connectivity index (χ0n) is 10.5. The maximum absolute atomic E-state index is 11.6. The molecule has 0 radical (unpaired) electrons. The first-order chi connectivity index (χ1) is 8.65. The number of hydrogen-bond donors (Lipinski definition) is 0. The Kier molecular flexibility index (Phi) is 3.65. The van der Waals surface area contributed by atoms with Crippen LogP contribution < -0.4 is 0 Å². The Hall–Kier alpha value is -1.84. The van der Waals surface area contributed by atoms with Crippen LogP contribution in [0.4, 0.5) is 0 Å². The van der Waals surface area contributed by atoms with Crippen LogP contribution in [0.15, 0.2) is 30.3 Å². The summed E-state index contributed by atoms with van der Waals surface area (Å²) in [5, 5.41) is 0. The van der Waals surface area contributed by atoms with Gasteiger partial charge in [0.25, 0.3) is 0 Å². The van der Waals surface area contributed by atoms with Gasteiger partial charge in [-0.05, 0) is 11.5 Å². The van der Waals surface area contributed by atoms with E-state index < -0.39 is 17.9 Å². The minimum atomic E-state index is -0.801. The van der Waals surface area contributed by atoms with Gasteiger partial charge in [0, 0.05) is 5.92 Å². The summed E-state index contributed by atoms with van der Waals surface area (Å²) in [6.07, 6.45) is 0. The first-order valence-corrected chi connectivity index (χ1v) is 5.94. The highest BCUT2D eigenvalue weighted by molar-refractivity contribution is 5.96. The number of rotatable bonds is 3. The molecule has 0 unspecified atom stereocenters. The van der Waals surface area contributed by atoms with Gasteiger partial charge in [0.2, 0.25) is 0 Å². The van der Waals surface area contributed by atoms with Crippen LogP contribution in [0.5, 0.6) is 0 Å². The molecule has 1 aliphatic rings. The van der Waals surface area contributed by atoms with E-state index in [1.807, 2.05) is 37.3 Å². The Balaban J connectivity index is 2.22. The molecular weight excluding hydrogens is 232 g/mol. The van der Waals surface area contributed by atoms with Gasteiger partial charge in [-0.2, -0.15) is 0 Å². The van der Waals surface area contributed by atoms with E-state index in [0.717, 1.165) is 5.56 Å². The van der Waals surface area contributed by atoms with Crippen LogP contribution in [0.2, 0.25) is 0 Å². The van der Waals surface area contributed by atoms with Crippen LogP contribution in [-0.2, 0) is 19.1 Å². The van der Waals surface area contributed by atoms with Crippen molar-refractivity contribution in [3.8, 4) is 0 Å². The standard InChI is InChI=1S/C14H16O4/c1-9(10-6-4-3-5-7-10)11-8-18-14(16)12(11)13(15)17-2/h3-7,9,11-12H,8H2,1-2H3/t9-,11+,12-/m0/s1. The Morgan fingerprint density at radius 2 is 2.06 bits per heavy atom. The third kappa shape index (κ3) is 2.23. The average molecular weight is 248 g/mol. The molecule has 1 aromatic carbocycles. The van der Waals surface area contributed by atoms with Gasteiger partial charge < -0.3 is 9.47 Å². The smallest absolute Gasteiger partial charge is 0.320 e. The molecule has 4 nitrogen and oxygen atoms in total. The monoisotopic (exact) mass is 248 g/mol. The Bertz CT molecular complexity index is 440. The van der Waals surface area contributed by atoms with Crippen LogP contribution >= 0.6 is 0 Å². The van der Waals surface area contributed by atoms with E-state index in [9.17, 15) is 9.59 Å². The largest absolute Gasteiger partial charge is 0.468 e. The molecule has 0 amide bonds. The van der Waals surface area contributed by atoms with Gasteiger partial charge in [0.05, 0.1) is 13.7 Å². The van der Waals surface area contributed by atoms with E-state index in [1.54, 1.807) is 0 Å². The maximum atomic E-state index is 11.6. The van der Waals surface area contributed by atoms with E-state index in [4.69, 9.17) is 4.74 Å². The molecule has 1 fully saturated rings. The molecule has 4 heteroatoms. The number of methoxy groups -OCH3 is 1. The van der Waals surface area contributed by atoms with Crippen LogP contribution in [-0.4, -0.2) is 25.7 Å². The Morgan fingerprint density at radius 3 is 2.67 bits per heavy atom. The molecule has 0 spiro atoms. The summed E-state index contributed by atoms with van der Waals surface area (Å²) in [7, 11) is 1.29. The third-order valence-electron chi connectivity index (χ3n) is 3.52. The number of ether oxygens (including phenoxy) is 2. The summed E-state index contributed by atoms with van der Waals surface area (Å²) in [6.45, 7) is 2.27. The van der Waals surface area contributed by atoms with E-state index in [-0.39, 0.29) is 18.4 Å². The van der Waals surface area contributed by atoms with Crippen molar-refractivity contribution in [3.63, 3.8) is 0 Å². The predicted octanol–water partition coefficient (Wildman–Crippen LogP) is 1.75. The van der Waals surface area contributed by atoms with Crippen molar-refractivity contribution in [2.45, 2.75) is 12.8 Å². The molecule has 0 bridgehead atoms. The molecule has 0 saturated carbocycles. The van der Waals surface area contributed by atoms with E-state index in [0.29, 0.717) is 0 Å². The summed E-state index contributed by atoms with van der Waals surface area (Å²) in [6, 6.07) is 9.79. The molecule has 0 N–H and O–H groups in total. The first kappa shape index (κ1) is 12.6. The average Bonchev–Trinajstić information content (AvgIpc) is 2.80. The zero-order chi connectivity index (χ0) is 13.1. The van der Waals surface area contributed by atoms with E-state index in [2.05, 4.69) is 4.74 Å². The molecule has 1 heterocycles. The highest BCUT2D eigenvalue weighted by Gasteiger charge is 2.45. The van der Waals surface area contributed by atoms with Crippen molar-refractivity contribution in [1.29, 1.82) is 0 Å². The normalized spacial score (nSPS) is 24.4. The van der Waals surface area contributed by atoms with Crippen molar-refractivity contribution in [2.75, 3.05) is 13.7 Å². The van der Waals surface area contributed by atoms with Gasteiger partial charge in [0.1, 0.15) is 0 Å². The van der Waals surface area contributed by atoms with Crippen molar-refractivity contribution in [3.05, 3.63) is 35.9 Å². The lowest BCUT2D eigenvalue weighted by Gasteiger charge is -2.21. The minimum absolute atomic E-state index is 0.0711. The second-order valence-electron chi connectivity index (χ2n) is 4.49. The van der Waals surface area contributed by atoms with Crippen molar-refractivity contribution < 1.29 is 19.1 Å². The Morgan fingerprint density at radius 1 is 1.39 bits per heavy atom. The maximum Gasteiger partial charge on any atom is 0.320 e. The molecule has 2 rings (SSSR count). The van der Waals surface area contributed by atoms with Crippen LogP contribution in [0, 0.1) is 11.8 Å². The number of benzene rings is 1. The van der Waals surface area contributed by atoms with Gasteiger partial charge in [-0.1, -0.05) is 37.3 Å². The van der Waals surface area contributed by atoms with E-state index >= 15 is 0 Å². The molecule has 1 aliphatic heterocycles. The fourth-order valence-electron chi connectivity index (χ4n) is 2.37. The molecule has 96 valence electrons. The number of cyclic esters (lactones) is 1. The number of carbonyl (C=O) groups is 2. The fraction of sp³-hybridized carbons (Fsp3) is 0.429. The van der Waals surface area contributed by atoms with Crippen molar-refractivity contribution >= 4 is 11.9 Å². The highest BCUT2D eigenvalue weighted by Crippen LogP contribution is 2.35. The van der Waals surface area contributed by atoms with Crippen molar-refractivity contribution in [2.24, 2.45) is 11.8 Å². The second kappa shape index (κ2) is 5.21. The molecule has 1 aromatic rings. The van der Waals surface area contributed by atoms with Gasteiger partial charge in [-0.25, -0.2) is 0 Å². The lowest BCUT2D eigenvalue weighted by molar-refractivity contribution is -0.154. The summed E-state index contributed by atoms with van der Waals surface area (Å²) >= 11 is 0.